The summed E-state index contributed by atoms with van der Waals surface area (Å²) in [6, 6.07) is 7.57. The Labute approximate surface area is 102 Å². The second-order valence-corrected chi connectivity index (χ2v) is 4.17. The molecule has 0 spiro atoms. The van der Waals surface area contributed by atoms with Gasteiger partial charge in [-0.3, -0.25) is 4.79 Å². The first-order valence-electron chi connectivity index (χ1n) is 5.89. The van der Waals surface area contributed by atoms with Crippen molar-refractivity contribution >= 4 is 11.6 Å². The Morgan fingerprint density at radius 3 is 3.00 bits per heavy atom. The fraction of sp³-hybridized carbons (Fsp3) is 0.462. The van der Waals surface area contributed by atoms with Gasteiger partial charge < -0.3 is 15.0 Å². The Balaban J connectivity index is 2.23. The molecule has 1 amide bonds. The Morgan fingerprint density at radius 2 is 2.29 bits per heavy atom. The van der Waals surface area contributed by atoms with Crippen LogP contribution in [-0.4, -0.2) is 32.7 Å². The number of ether oxygens (including phenoxy) is 1. The van der Waals surface area contributed by atoms with Crippen LogP contribution in [0.1, 0.15) is 12.8 Å². The molecule has 0 aliphatic carbocycles. The molecular weight excluding hydrogens is 216 g/mol. The predicted molar refractivity (Wildman–Crippen MR) is 67.4 cm³/mol. The van der Waals surface area contributed by atoms with E-state index in [0.717, 1.165) is 30.8 Å². The summed E-state index contributed by atoms with van der Waals surface area (Å²) in [7, 11) is 3.46. The monoisotopic (exact) mass is 234 g/mol. The number of amides is 1. The molecule has 4 heteroatoms. The van der Waals surface area contributed by atoms with Crippen LogP contribution < -0.4 is 15.0 Å². The Hall–Kier alpha value is -1.55. The summed E-state index contributed by atoms with van der Waals surface area (Å²) in [5, 5.41) is 3.06. The lowest BCUT2D eigenvalue weighted by molar-refractivity contribution is -0.121. The quantitative estimate of drug-likeness (QED) is 0.859. The molecule has 1 aliphatic heterocycles. The SMILES string of the molecule is CNC1CCCN(c2cccc(OC)c2)C1=O. The molecule has 1 N–H and O–H groups in total. The van der Waals surface area contributed by atoms with Gasteiger partial charge in [0.25, 0.3) is 0 Å². The van der Waals surface area contributed by atoms with Crippen LogP contribution in [0, 0.1) is 0 Å². The van der Waals surface area contributed by atoms with Crippen LogP contribution in [0.15, 0.2) is 24.3 Å². The molecule has 1 unspecified atom stereocenters. The van der Waals surface area contributed by atoms with Crippen molar-refractivity contribution in [3.8, 4) is 5.75 Å². The van der Waals surface area contributed by atoms with Crippen LogP contribution in [-0.2, 0) is 4.79 Å². The summed E-state index contributed by atoms with van der Waals surface area (Å²) >= 11 is 0. The van der Waals surface area contributed by atoms with Gasteiger partial charge in [-0.1, -0.05) is 6.07 Å². The van der Waals surface area contributed by atoms with Gasteiger partial charge in [0.05, 0.1) is 13.2 Å². The van der Waals surface area contributed by atoms with Crippen molar-refractivity contribution in [2.45, 2.75) is 18.9 Å². The van der Waals surface area contributed by atoms with Crippen LogP contribution in [0.3, 0.4) is 0 Å². The van der Waals surface area contributed by atoms with Crippen LogP contribution in [0.25, 0.3) is 0 Å². The van der Waals surface area contributed by atoms with Gasteiger partial charge in [-0.2, -0.15) is 0 Å². The van der Waals surface area contributed by atoms with Crippen molar-refractivity contribution in [2.75, 3.05) is 25.6 Å². The van der Waals surface area contributed by atoms with Crippen molar-refractivity contribution in [1.29, 1.82) is 0 Å². The summed E-state index contributed by atoms with van der Waals surface area (Å²) in [4.78, 5) is 14.0. The molecule has 1 heterocycles. The molecule has 92 valence electrons. The standard InChI is InChI=1S/C13H18N2O2/c1-14-12-7-4-8-15(13(12)16)10-5-3-6-11(9-10)17-2/h3,5-6,9,12,14H,4,7-8H2,1-2H3. The maximum absolute atomic E-state index is 12.2. The number of carbonyl (C=O) groups is 1. The molecule has 17 heavy (non-hydrogen) atoms. The number of nitrogens with zero attached hydrogens (tertiary/aromatic N) is 1. The van der Waals surface area contributed by atoms with Crippen molar-refractivity contribution < 1.29 is 9.53 Å². The highest BCUT2D eigenvalue weighted by molar-refractivity contribution is 5.98. The summed E-state index contributed by atoms with van der Waals surface area (Å²) in [6.45, 7) is 0.782. The minimum absolute atomic E-state index is 0.0602. The van der Waals surface area contributed by atoms with Crippen LogP contribution in [0.2, 0.25) is 0 Å². The number of likely N-dealkylation sites (N-methyl/N-ethyl adjacent to an activating group) is 1. The van der Waals surface area contributed by atoms with Gasteiger partial charge >= 0.3 is 0 Å². The molecule has 1 saturated heterocycles. The molecule has 2 rings (SSSR count). The minimum atomic E-state index is -0.0602. The smallest absolute Gasteiger partial charge is 0.244 e. The Bertz CT molecular complexity index is 406. The molecule has 1 fully saturated rings. The third-order valence-electron chi connectivity index (χ3n) is 3.15. The van der Waals surface area contributed by atoms with E-state index < -0.39 is 0 Å². The second kappa shape index (κ2) is 5.19. The third kappa shape index (κ3) is 2.42. The lowest BCUT2D eigenvalue weighted by Crippen LogP contribution is -2.49. The molecule has 1 aromatic rings. The van der Waals surface area contributed by atoms with Crippen LogP contribution in [0.5, 0.6) is 5.75 Å². The fourth-order valence-corrected chi connectivity index (χ4v) is 2.18. The van der Waals surface area contributed by atoms with Gasteiger partial charge in [0, 0.05) is 18.3 Å². The lowest BCUT2D eigenvalue weighted by Gasteiger charge is -2.32. The number of rotatable bonds is 3. The average Bonchev–Trinajstić information content (AvgIpc) is 2.39. The molecular formula is C13H18N2O2. The highest BCUT2D eigenvalue weighted by Crippen LogP contribution is 2.24. The predicted octanol–water partition coefficient (Wildman–Crippen LogP) is 1.41. The van der Waals surface area contributed by atoms with E-state index in [9.17, 15) is 4.79 Å². The van der Waals surface area contributed by atoms with Gasteiger partial charge in [0.15, 0.2) is 0 Å². The number of hydrogen-bond acceptors (Lipinski definition) is 3. The molecule has 1 aromatic carbocycles. The molecule has 0 radical (unpaired) electrons. The molecule has 1 atom stereocenters. The average molecular weight is 234 g/mol. The zero-order valence-electron chi connectivity index (χ0n) is 10.3. The van der Waals surface area contributed by atoms with E-state index in [0.29, 0.717) is 0 Å². The van der Waals surface area contributed by atoms with E-state index in [1.54, 1.807) is 7.11 Å². The molecule has 0 saturated carbocycles. The van der Waals surface area contributed by atoms with Gasteiger partial charge in [0.2, 0.25) is 5.91 Å². The largest absolute Gasteiger partial charge is 0.497 e. The first-order valence-corrected chi connectivity index (χ1v) is 5.89. The van der Waals surface area contributed by atoms with E-state index in [-0.39, 0.29) is 11.9 Å². The number of nitrogens with one attached hydrogen (secondary N) is 1. The number of benzene rings is 1. The van der Waals surface area contributed by atoms with E-state index in [1.165, 1.54) is 0 Å². The third-order valence-corrected chi connectivity index (χ3v) is 3.15. The summed E-state index contributed by atoms with van der Waals surface area (Å²) < 4.78 is 5.18. The molecule has 1 aliphatic rings. The van der Waals surface area contributed by atoms with Gasteiger partial charge in [-0.15, -0.1) is 0 Å². The van der Waals surface area contributed by atoms with Crippen LogP contribution >= 0.6 is 0 Å². The minimum Gasteiger partial charge on any atom is -0.497 e. The number of methoxy groups -OCH3 is 1. The number of hydrogen-bond donors (Lipinski definition) is 1. The number of anilines is 1. The highest BCUT2D eigenvalue weighted by atomic mass is 16.5. The number of piperidine rings is 1. The maximum Gasteiger partial charge on any atom is 0.244 e. The van der Waals surface area contributed by atoms with Crippen molar-refractivity contribution in [1.82, 2.24) is 5.32 Å². The topological polar surface area (TPSA) is 41.6 Å². The maximum atomic E-state index is 12.2. The zero-order chi connectivity index (χ0) is 12.3. The first kappa shape index (κ1) is 11.9. The lowest BCUT2D eigenvalue weighted by atomic mass is 10.0. The van der Waals surface area contributed by atoms with Gasteiger partial charge in [-0.25, -0.2) is 0 Å². The van der Waals surface area contributed by atoms with Crippen molar-refractivity contribution in [2.24, 2.45) is 0 Å². The first-order chi connectivity index (χ1) is 8.26. The van der Waals surface area contributed by atoms with E-state index in [2.05, 4.69) is 5.32 Å². The van der Waals surface area contributed by atoms with E-state index in [4.69, 9.17) is 4.74 Å². The Morgan fingerprint density at radius 1 is 1.47 bits per heavy atom. The van der Waals surface area contributed by atoms with Crippen molar-refractivity contribution in [3.63, 3.8) is 0 Å². The summed E-state index contributed by atoms with van der Waals surface area (Å²) in [5.41, 5.74) is 0.911. The van der Waals surface area contributed by atoms with E-state index in [1.807, 2.05) is 36.2 Å². The zero-order valence-corrected chi connectivity index (χ0v) is 10.3. The van der Waals surface area contributed by atoms with Gasteiger partial charge in [-0.05, 0) is 32.0 Å². The van der Waals surface area contributed by atoms with Crippen molar-refractivity contribution in [3.05, 3.63) is 24.3 Å². The molecule has 4 nitrogen and oxygen atoms in total. The molecule has 0 aromatic heterocycles. The van der Waals surface area contributed by atoms with E-state index >= 15 is 0 Å². The summed E-state index contributed by atoms with van der Waals surface area (Å²) in [5.74, 6) is 0.925. The fourth-order valence-electron chi connectivity index (χ4n) is 2.18. The number of carbonyl (C=O) groups excluding carboxylic acids is 1. The highest BCUT2D eigenvalue weighted by Gasteiger charge is 2.28. The normalized spacial score (nSPS) is 20.5. The summed E-state index contributed by atoms with van der Waals surface area (Å²) in [6.07, 6.45) is 1.93. The van der Waals surface area contributed by atoms with Gasteiger partial charge in [0.1, 0.15) is 5.75 Å². The van der Waals surface area contributed by atoms with Crippen LogP contribution in [0.4, 0.5) is 5.69 Å². The molecule has 0 bridgehead atoms. The Kier molecular flexibility index (Phi) is 3.64. The second-order valence-electron chi connectivity index (χ2n) is 4.17.